The molecule has 0 radical (unpaired) electrons. The first-order valence-electron chi connectivity index (χ1n) is 9.07. The Bertz CT molecular complexity index is 684. The molecule has 176 valence electrons. The molecular formula is C16H28N6O9. The maximum absolute atomic E-state index is 12.0. The minimum absolute atomic E-state index is 0.556. The quantitative estimate of drug-likeness (QED) is 0.129. The number of aliphatic carboxylic acids is 1. The van der Waals surface area contributed by atoms with Crippen molar-refractivity contribution in [3.8, 4) is 0 Å². The van der Waals surface area contributed by atoms with Crippen LogP contribution in [0, 0.1) is 0 Å². The lowest BCUT2D eigenvalue weighted by atomic mass is 10.2. The van der Waals surface area contributed by atoms with Gasteiger partial charge in [0.05, 0.1) is 32.3 Å². The molecule has 0 aliphatic rings. The maximum Gasteiger partial charge on any atom is 0.328 e. The van der Waals surface area contributed by atoms with Crippen LogP contribution in [0.4, 0.5) is 0 Å². The number of aliphatic hydroxyl groups is 2. The number of rotatable bonds is 13. The van der Waals surface area contributed by atoms with Crippen LogP contribution in [0.1, 0.15) is 13.8 Å². The molecule has 0 bridgehead atoms. The fourth-order valence-electron chi connectivity index (χ4n) is 1.87. The second-order valence-corrected chi connectivity index (χ2v) is 6.40. The lowest BCUT2D eigenvalue weighted by molar-refractivity contribution is -0.142. The van der Waals surface area contributed by atoms with Gasteiger partial charge in [-0.25, -0.2) is 4.79 Å². The third-order valence-corrected chi connectivity index (χ3v) is 3.67. The first kappa shape index (κ1) is 27.7. The molecule has 0 unspecified atom stereocenters. The molecule has 10 N–H and O–H groups in total. The van der Waals surface area contributed by atoms with Gasteiger partial charge >= 0.3 is 5.97 Å². The molecule has 0 rings (SSSR count). The average Bonchev–Trinajstić information content (AvgIpc) is 2.71. The average molecular weight is 448 g/mol. The number of nitrogens with two attached hydrogens (primary N) is 1. The van der Waals surface area contributed by atoms with Crippen LogP contribution in [-0.4, -0.2) is 101 Å². The van der Waals surface area contributed by atoms with Crippen molar-refractivity contribution in [1.29, 1.82) is 0 Å². The molecule has 0 heterocycles. The fraction of sp³-hybridized carbons (Fsp3) is 0.625. The van der Waals surface area contributed by atoms with Crippen molar-refractivity contribution in [3.05, 3.63) is 0 Å². The van der Waals surface area contributed by atoms with E-state index in [0.717, 1.165) is 0 Å². The molecular weight excluding hydrogens is 420 g/mol. The number of hydrogen-bond acceptors (Lipinski definition) is 9. The van der Waals surface area contributed by atoms with Gasteiger partial charge in [0.25, 0.3) is 0 Å². The van der Waals surface area contributed by atoms with E-state index in [0.29, 0.717) is 0 Å². The lowest BCUT2D eigenvalue weighted by Gasteiger charge is -2.20. The standard InChI is InChI=1S/C16H28N6O9/c1-7(17)13(27)22-9(5-23)15(29)20-8(2)14(28)19-3-11(25)18-4-12(26)21-10(6-24)16(30)31/h7-10,23-24H,3-6,17H2,1-2H3,(H,18,25)(H,19,28)(H,20,29)(H,21,26)(H,22,27)(H,30,31)/t7-,8-,9-,10-/m0/s1. The Balaban J connectivity index is 4.41. The van der Waals surface area contributed by atoms with E-state index >= 15 is 0 Å². The van der Waals surface area contributed by atoms with Crippen molar-refractivity contribution in [2.24, 2.45) is 5.73 Å². The van der Waals surface area contributed by atoms with Gasteiger partial charge in [-0.3, -0.25) is 24.0 Å². The maximum atomic E-state index is 12.0. The number of carbonyl (C=O) groups is 6. The summed E-state index contributed by atoms with van der Waals surface area (Å²) in [6.07, 6.45) is 0. The van der Waals surface area contributed by atoms with Crippen molar-refractivity contribution < 1.29 is 44.1 Å². The third-order valence-electron chi connectivity index (χ3n) is 3.67. The van der Waals surface area contributed by atoms with Crippen LogP contribution in [-0.2, 0) is 28.8 Å². The van der Waals surface area contributed by atoms with Crippen molar-refractivity contribution in [1.82, 2.24) is 26.6 Å². The van der Waals surface area contributed by atoms with Crippen LogP contribution in [0.5, 0.6) is 0 Å². The van der Waals surface area contributed by atoms with E-state index in [1.807, 2.05) is 5.32 Å². The molecule has 4 atom stereocenters. The monoisotopic (exact) mass is 448 g/mol. The molecule has 5 amide bonds. The number of carboxylic acids is 1. The van der Waals surface area contributed by atoms with E-state index < -0.39 is 86.0 Å². The Hall–Kier alpha value is -3.30. The van der Waals surface area contributed by atoms with Crippen molar-refractivity contribution in [3.63, 3.8) is 0 Å². The largest absolute Gasteiger partial charge is 0.480 e. The van der Waals surface area contributed by atoms with Gasteiger partial charge in [0.15, 0.2) is 0 Å². The summed E-state index contributed by atoms with van der Waals surface area (Å²) >= 11 is 0. The van der Waals surface area contributed by atoms with Gasteiger partial charge in [-0.15, -0.1) is 0 Å². The normalized spacial score (nSPS) is 14.2. The summed E-state index contributed by atoms with van der Waals surface area (Å²) in [5.41, 5.74) is 5.35. The van der Waals surface area contributed by atoms with Crippen LogP contribution in [0.3, 0.4) is 0 Å². The second-order valence-electron chi connectivity index (χ2n) is 6.40. The fourth-order valence-corrected chi connectivity index (χ4v) is 1.87. The van der Waals surface area contributed by atoms with Gasteiger partial charge in [-0.2, -0.15) is 0 Å². The van der Waals surface area contributed by atoms with E-state index in [9.17, 15) is 33.9 Å². The Morgan fingerprint density at radius 1 is 0.742 bits per heavy atom. The summed E-state index contributed by atoms with van der Waals surface area (Å²) in [6.45, 7) is -0.0461. The summed E-state index contributed by atoms with van der Waals surface area (Å²) in [5, 5.41) is 37.4. The lowest BCUT2D eigenvalue weighted by Crippen LogP contribution is -2.56. The Morgan fingerprint density at radius 3 is 1.77 bits per heavy atom. The van der Waals surface area contributed by atoms with E-state index in [-0.39, 0.29) is 0 Å². The molecule has 0 aromatic carbocycles. The van der Waals surface area contributed by atoms with Crippen molar-refractivity contribution in [2.75, 3.05) is 26.3 Å². The third kappa shape index (κ3) is 10.9. The summed E-state index contributed by atoms with van der Waals surface area (Å²) in [5.74, 6) is -5.40. The van der Waals surface area contributed by atoms with Gasteiger partial charge in [0.1, 0.15) is 18.1 Å². The predicted octanol–water partition coefficient (Wildman–Crippen LogP) is -5.89. The summed E-state index contributed by atoms with van der Waals surface area (Å²) < 4.78 is 0. The highest BCUT2D eigenvalue weighted by molar-refractivity contribution is 5.94. The minimum atomic E-state index is -1.52. The molecule has 15 nitrogen and oxygen atoms in total. The van der Waals surface area contributed by atoms with Gasteiger partial charge in [-0.05, 0) is 13.8 Å². The molecule has 0 aliphatic heterocycles. The molecule has 0 aromatic rings. The zero-order valence-electron chi connectivity index (χ0n) is 17.0. The number of carbonyl (C=O) groups excluding carboxylic acids is 5. The minimum Gasteiger partial charge on any atom is -0.480 e. The van der Waals surface area contributed by atoms with E-state index in [2.05, 4.69) is 21.3 Å². The van der Waals surface area contributed by atoms with Crippen LogP contribution >= 0.6 is 0 Å². The molecule has 0 aromatic heterocycles. The molecule has 31 heavy (non-hydrogen) atoms. The zero-order chi connectivity index (χ0) is 24.1. The highest BCUT2D eigenvalue weighted by Crippen LogP contribution is 1.90. The van der Waals surface area contributed by atoms with E-state index in [4.69, 9.17) is 15.9 Å². The predicted molar refractivity (Wildman–Crippen MR) is 103 cm³/mol. The van der Waals surface area contributed by atoms with Gasteiger partial charge in [-0.1, -0.05) is 0 Å². The van der Waals surface area contributed by atoms with E-state index in [1.54, 1.807) is 0 Å². The molecule has 0 saturated heterocycles. The molecule has 15 heteroatoms. The molecule has 0 saturated carbocycles. The number of nitrogens with one attached hydrogen (secondary N) is 5. The van der Waals surface area contributed by atoms with Crippen LogP contribution in [0.2, 0.25) is 0 Å². The van der Waals surface area contributed by atoms with Crippen LogP contribution < -0.4 is 32.3 Å². The highest BCUT2D eigenvalue weighted by Gasteiger charge is 2.25. The molecule has 0 aliphatic carbocycles. The van der Waals surface area contributed by atoms with Crippen molar-refractivity contribution >= 4 is 35.5 Å². The van der Waals surface area contributed by atoms with Gasteiger partial charge < -0.3 is 47.6 Å². The Kier molecular flexibility index (Phi) is 12.4. The first-order chi connectivity index (χ1) is 14.4. The first-order valence-corrected chi connectivity index (χ1v) is 9.07. The van der Waals surface area contributed by atoms with Crippen LogP contribution in [0.25, 0.3) is 0 Å². The van der Waals surface area contributed by atoms with Crippen molar-refractivity contribution in [2.45, 2.75) is 38.0 Å². The Labute approximate surface area is 177 Å². The smallest absolute Gasteiger partial charge is 0.328 e. The van der Waals surface area contributed by atoms with E-state index in [1.165, 1.54) is 13.8 Å². The number of aliphatic hydroxyl groups excluding tert-OH is 2. The summed E-state index contributed by atoms with van der Waals surface area (Å²) in [7, 11) is 0. The van der Waals surface area contributed by atoms with Crippen LogP contribution in [0.15, 0.2) is 0 Å². The SMILES string of the molecule is C[C@H](N)C(=O)N[C@@H](CO)C(=O)N[C@@H](C)C(=O)NCC(=O)NCC(=O)N[C@@H](CO)C(=O)O. The number of amides is 5. The number of hydrogen-bond donors (Lipinski definition) is 9. The second kappa shape index (κ2) is 13.8. The Morgan fingerprint density at radius 2 is 1.29 bits per heavy atom. The zero-order valence-corrected chi connectivity index (χ0v) is 17.0. The summed E-state index contributed by atoms with van der Waals surface area (Å²) in [6, 6.07) is -4.90. The molecule has 0 fully saturated rings. The van der Waals surface area contributed by atoms with Gasteiger partial charge in [0.2, 0.25) is 29.5 Å². The highest BCUT2D eigenvalue weighted by atomic mass is 16.4. The summed E-state index contributed by atoms with van der Waals surface area (Å²) in [4.78, 5) is 69.4. The van der Waals surface area contributed by atoms with Gasteiger partial charge in [0, 0.05) is 0 Å². The molecule has 0 spiro atoms. The number of carboxylic acid groups (broad SMARTS) is 1. The topological polar surface area (TPSA) is 249 Å².